The molecule has 1 N–H and O–H groups in total. The van der Waals surface area contributed by atoms with Crippen LogP contribution < -0.4 is 4.74 Å². The molecule has 2 aliphatic heterocycles. The lowest BCUT2D eigenvalue weighted by Crippen LogP contribution is -2.52. The highest BCUT2D eigenvalue weighted by molar-refractivity contribution is 7.99. The molecule has 2 atom stereocenters. The van der Waals surface area contributed by atoms with E-state index in [4.69, 9.17) is 0 Å². The second kappa shape index (κ2) is 8.68. The molecule has 0 saturated carbocycles. The Morgan fingerprint density at radius 1 is 1.14 bits per heavy atom. The van der Waals surface area contributed by atoms with E-state index in [0.29, 0.717) is 18.7 Å². The fraction of sp³-hybridized carbons (Fsp3) is 0.556. The first-order chi connectivity index (χ1) is 13.6. The number of rotatable bonds is 3. The molecule has 160 valence electrons. The van der Waals surface area contributed by atoms with E-state index in [1.165, 1.54) is 11.0 Å². The standard InChI is InChI=1S/C18H20F4N2O4S/c19-14-8-11(1-2-15(14)28-18(20,21)22)12-7-13(16(25)26)10-24(9-12)17(27)23-3-5-29-6-4-23/h1-2,8,12-13H,3-7,9-10H2,(H,25,26). The molecule has 29 heavy (non-hydrogen) atoms. The van der Waals surface area contributed by atoms with Crippen LogP contribution in [-0.4, -0.2) is 71.0 Å². The van der Waals surface area contributed by atoms with Gasteiger partial charge in [0.2, 0.25) is 0 Å². The van der Waals surface area contributed by atoms with Gasteiger partial charge in [-0.15, -0.1) is 13.2 Å². The number of hydrogen-bond donors (Lipinski definition) is 1. The minimum atomic E-state index is -5.02. The Labute approximate surface area is 168 Å². The van der Waals surface area contributed by atoms with Gasteiger partial charge < -0.3 is 19.6 Å². The highest BCUT2D eigenvalue weighted by Gasteiger charge is 2.37. The Hall–Kier alpha value is -2.17. The quantitative estimate of drug-likeness (QED) is 0.736. The second-order valence-corrected chi connectivity index (χ2v) is 8.22. The predicted octanol–water partition coefficient (Wildman–Crippen LogP) is 3.38. The molecule has 6 nitrogen and oxygen atoms in total. The number of likely N-dealkylation sites (tertiary alicyclic amines) is 1. The molecule has 11 heteroatoms. The van der Waals surface area contributed by atoms with Gasteiger partial charge in [0, 0.05) is 43.6 Å². The number of ether oxygens (including phenoxy) is 1. The lowest BCUT2D eigenvalue weighted by atomic mass is 9.84. The maximum Gasteiger partial charge on any atom is 0.573 e. The Morgan fingerprint density at radius 3 is 2.41 bits per heavy atom. The van der Waals surface area contributed by atoms with Crippen molar-refractivity contribution in [3.63, 3.8) is 0 Å². The second-order valence-electron chi connectivity index (χ2n) is 6.99. The number of nitrogens with zero attached hydrogens (tertiary/aromatic N) is 2. The Morgan fingerprint density at radius 2 is 1.83 bits per heavy atom. The average Bonchev–Trinajstić information content (AvgIpc) is 2.68. The molecule has 1 aromatic carbocycles. The summed E-state index contributed by atoms with van der Waals surface area (Å²) in [6.45, 7) is 1.36. The van der Waals surface area contributed by atoms with Gasteiger partial charge in [0.1, 0.15) is 0 Å². The highest BCUT2D eigenvalue weighted by atomic mass is 32.2. The molecule has 0 spiro atoms. The van der Waals surface area contributed by atoms with Crippen molar-refractivity contribution in [3.8, 4) is 5.75 Å². The first kappa shape index (κ1) is 21.5. The van der Waals surface area contributed by atoms with E-state index in [9.17, 15) is 32.3 Å². The van der Waals surface area contributed by atoms with E-state index in [-0.39, 0.29) is 25.5 Å². The van der Waals surface area contributed by atoms with Crippen LogP contribution >= 0.6 is 11.8 Å². The first-order valence-corrected chi connectivity index (χ1v) is 10.2. The van der Waals surface area contributed by atoms with Crippen molar-refractivity contribution in [2.24, 2.45) is 5.92 Å². The smallest absolute Gasteiger partial charge is 0.481 e. The van der Waals surface area contributed by atoms with E-state index in [0.717, 1.165) is 23.6 Å². The van der Waals surface area contributed by atoms with Crippen molar-refractivity contribution < 1.29 is 37.0 Å². The summed E-state index contributed by atoms with van der Waals surface area (Å²) >= 11 is 1.73. The van der Waals surface area contributed by atoms with Gasteiger partial charge in [-0.05, 0) is 24.1 Å². The molecule has 0 aliphatic carbocycles. The fourth-order valence-corrected chi connectivity index (χ4v) is 4.51. The average molecular weight is 436 g/mol. The molecule has 1 aromatic rings. The number of alkyl halides is 3. The molecule has 0 aromatic heterocycles. The SMILES string of the molecule is O=C(O)C1CC(c2ccc(OC(F)(F)F)c(F)c2)CN(C(=O)N2CCSCC2)C1. The third-order valence-electron chi connectivity index (χ3n) is 5.00. The number of thioether (sulfide) groups is 1. The summed E-state index contributed by atoms with van der Waals surface area (Å²) in [4.78, 5) is 27.5. The molecule has 2 aliphatic rings. The van der Waals surface area contributed by atoms with Crippen molar-refractivity contribution >= 4 is 23.8 Å². The Balaban J connectivity index is 1.79. The predicted molar refractivity (Wildman–Crippen MR) is 97.4 cm³/mol. The molecule has 0 bridgehead atoms. The number of carboxylic acid groups (broad SMARTS) is 1. The van der Waals surface area contributed by atoms with Crippen molar-refractivity contribution in [1.82, 2.24) is 9.80 Å². The van der Waals surface area contributed by atoms with E-state index in [1.807, 2.05) is 0 Å². The number of carboxylic acids is 1. The zero-order valence-corrected chi connectivity index (χ0v) is 16.1. The number of amides is 2. The van der Waals surface area contributed by atoms with Crippen LogP contribution in [0, 0.1) is 11.7 Å². The number of urea groups is 1. The first-order valence-electron chi connectivity index (χ1n) is 9.03. The normalized spacial score (nSPS) is 23.0. The summed E-state index contributed by atoms with van der Waals surface area (Å²) in [6.07, 6.45) is -4.86. The maximum atomic E-state index is 14.1. The maximum absolute atomic E-state index is 14.1. The molecule has 0 radical (unpaired) electrons. The van der Waals surface area contributed by atoms with Crippen molar-refractivity contribution in [3.05, 3.63) is 29.6 Å². The van der Waals surface area contributed by atoms with Crippen LogP contribution in [0.4, 0.5) is 22.4 Å². The fourth-order valence-electron chi connectivity index (χ4n) is 3.61. The lowest BCUT2D eigenvalue weighted by molar-refractivity contribution is -0.275. The van der Waals surface area contributed by atoms with Crippen LogP contribution in [0.2, 0.25) is 0 Å². The van der Waals surface area contributed by atoms with Crippen LogP contribution in [0.3, 0.4) is 0 Å². The zero-order chi connectivity index (χ0) is 21.2. The minimum absolute atomic E-state index is 0.0477. The van der Waals surface area contributed by atoms with Gasteiger partial charge in [0.25, 0.3) is 0 Å². The van der Waals surface area contributed by atoms with Crippen LogP contribution in [0.5, 0.6) is 5.75 Å². The Bertz CT molecular complexity index is 771. The lowest BCUT2D eigenvalue weighted by Gasteiger charge is -2.40. The summed E-state index contributed by atoms with van der Waals surface area (Å²) in [6, 6.07) is 2.80. The minimum Gasteiger partial charge on any atom is -0.481 e. The number of hydrogen-bond acceptors (Lipinski definition) is 4. The largest absolute Gasteiger partial charge is 0.573 e. The molecular weight excluding hydrogens is 416 g/mol. The van der Waals surface area contributed by atoms with Gasteiger partial charge in [0.15, 0.2) is 11.6 Å². The highest BCUT2D eigenvalue weighted by Crippen LogP contribution is 2.34. The zero-order valence-electron chi connectivity index (χ0n) is 15.3. The van der Waals surface area contributed by atoms with Crippen molar-refractivity contribution in [1.29, 1.82) is 0 Å². The topological polar surface area (TPSA) is 70.1 Å². The molecular formula is C18H20F4N2O4S. The van der Waals surface area contributed by atoms with Gasteiger partial charge in [-0.3, -0.25) is 4.79 Å². The molecule has 2 fully saturated rings. The van der Waals surface area contributed by atoms with Crippen LogP contribution in [0.25, 0.3) is 0 Å². The van der Waals surface area contributed by atoms with E-state index in [1.54, 1.807) is 16.7 Å². The monoisotopic (exact) mass is 436 g/mol. The number of aliphatic carboxylic acids is 1. The molecule has 3 rings (SSSR count). The summed E-state index contributed by atoms with van der Waals surface area (Å²) < 4.78 is 54.7. The summed E-state index contributed by atoms with van der Waals surface area (Å²) in [5, 5.41) is 9.47. The molecule has 2 saturated heterocycles. The van der Waals surface area contributed by atoms with Crippen molar-refractivity contribution in [2.75, 3.05) is 37.7 Å². The molecule has 2 amide bonds. The summed E-state index contributed by atoms with van der Waals surface area (Å²) in [7, 11) is 0. The van der Waals surface area contributed by atoms with E-state index < -0.39 is 35.7 Å². The van der Waals surface area contributed by atoms with Crippen LogP contribution in [0.15, 0.2) is 18.2 Å². The summed E-state index contributed by atoms with van der Waals surface area (Å²) in [5.41, 5.74) is 0.329. The van der Waals surface area contributed by atoms with E-state index in [2.05, 4.69) is 4.74 Å². The van der Waals surface area contributed by atoms with Gasteiger partial charge in [0.05, 0.1) is 5.92 Å². The number of piperidine rings is 1. The number of carbonyl (C=O) groups is 2. The van der Waals surface area contributed by atoms with Crippen LogP contribution in [0.1, 0.15) is 17.9 Å². The van der Waals surface area contributed by atoms with Gasteiger partial charge in [-0.2, -0.15) is 11.8 Å². The van der Waals surface area contributed by atoms with Crippen LogP contribution in [-0.2, 0) is 4.79 Å². The van der Waals surface area contributed by atoms with Gasteiger partial charge >= 0.3 is 18.4 Å². The molecule has 2 unspecified atom stereocenters. The number of benzene rings is 1. The number of carbonyl (C=O) groups excluding carboxylic acids is 1. The number of halogens is 4. The third kappa shape index (κ3) is 5.46. The summed E-state index contributed by atoms with van der Waals surface area (Å²) in [5.74, 6) is -2.96. The van der Waals surface area contributed by atoms with Gasteiger partial charge in [-0.1, -0.05) is 6.07 Å². The van der Waals surface area contributed by atoms with E-state index >= 15 is 0 Å². The molecule has 2 heterocycles. The van der Waals surface area contributed by atoms with Crippen molar-refractivity contribution in [2.45, 2.75) is 18.7 Å². The third-order valence-corrected chi connectivity index (χ3v) is 5.95. The Kier molecular flexibility index (Phi) is 6.45. The van der Waals surface area contributed by atoms with Gasteiger partial charge in [-0.25, -0.2) is 9.18 Å².